The van der Waals surface area contributed by atoms with Crippen molar-refractivity contribution >= 4 is 59.2 Å². The molecule has 26 rings (SSSR count). The van der Waals surface area contributed by atoms with Gasteiger partial charge in [-0.05, 0) is 120 Å². The molecule has 18 aliphatic carbocycles. The first-order chi connectivity index (χ1) is 37.5. The Labute approximate surface area is 432 Å². The van der Waals surface area contributed by atoms with Crippen LogP contribution in [-0.2, 0) is 62.9 Å². The van der Waals surface area contributed by atoms with Crippen molar-refractivity contribution in [1.82, 2.24) is 0 Å². The Kier molecular flexibility index (Phi) is 4.03. The zero-order valence-electron chi connectivity index (χ0n) is 39.3. The van der Waals surface area contributed by atoms with Gasteiger partial charge in [0.25, 0.3) is 0 Å². The maximum absolute atomic E-state index is 15.3. The van der Waals surface area contributed by atoms with Crippen molar-refractivity contribution in [3.63, 3.8) is 0 Å². The van der Waals surface area contributed by atoms with Crippen molar-refractivity contribution in [2.24, 2.45) is 0 Å². The molecule has 0 amide bonds. The standard InChI is InChI=1S/C64H24O14/c65-32-12-20-9-21-6-2-18-3-7-23-10-19-11-30-39-34-35-45-47-42-29(15-24-14-28(32)41-38(20)55(73)50(46(35)58(41)56(24,47)75-58)61(36(19)34)57(23,76-61)49(18)54(21,55)72)33(52(69)70)25-8-4-17-1-5-22-13-26-27(51(67)68)16-31(48(30)66)43-44(26)62(74)53(22,71)37(17)40(25)60(42)64(62,78-60)63(45)59(39,43)77-63/h1-16,65-66,71-74H,(H,67,68)(H,69,70). The molecule has 14 nitrogen and oxygen atoms in total. The van der Waals surface area contributed by atoms with Crippen molar-refractivity contribution in [1.29, 1.82) is 0 Å². The van der Waals surface area contributed by atoms with Crippen LogP contribution in [0.4, 0.5) is 0 Å². The first-order valence-corrected chi connectivity index (χ1v) is 26.3. The molecule has 22 aliphatic rings. The fourth-order valence-electron chi connectivity index (χ4n) is 22.6. The fourth-order valence-corrected chi connectivity index (χ4v) is 22.6. The van der Waals surface area contributed by atoms with Crippen LogP contribution in [0.1, 0.15) is 82.7 Å². The second kappa shape index (κ2) is 8.57. The zero-order valence-corrected chi connectivity index (χ0v) is 39.3. The molecule has 4 heterocycles. The molecule has 1 saturated carbocycles. The van der Waals surface area contributed by atoms with E-state index in [4.69, 9.17) is 18.9 Å². The van der Waals surface area contributed by atoms with Gasteiger partial charge in [-0.1, -0.05) is 48.6 Å². The molecular formula is C64H24O14. The molecule has 4 aromatic carbocycles. The van der Waals surface area contributed by atoms with E-state index in [0.717, 1.165) is 0 Å². The maximum atomic E-state index is 15.3. The summed E-state index contributed by atoms with van der Waals surface area (Å²) in [5.74, 6) is -3.00. The van der Waals surface area contributed by atoms with E-state index in [1.807, 2.05) is 54.7 Å². The first-order valence-electron chi connectivity index (χ1n) is 26.3. The van der Waals surface area contributed by atoms with Crippen LogP contribution in [0, 0.1) is 0 Å². The van der Waals surface area contributed by atoms with Gasteiger partial charge in [0.1, 0.15) is 11.5 Å². The second-order valence-corrected chi connectivity index (χ2v) is 25.4. The van der Waals surface area contributed by atoms with Gasteiger partial charge in [0, 0.05) is 94.3 Å². The summed E-state index contributed by atoms with van der Waals surface area (Å²) in [5, 5.41) is 110. The summed E-state index contributed by atoms with van der Waals surface area (Å²) < 4.78 is 31.7. The number of aliphatic hydroxyl groups excluding tert-OH is 1. The maximum Gasteiger partial charge on any atom is 0.336 e. The van der Waals surface area contributed by atoms with E-state index >= 15 is 10.2 Å². The molecule has 4 aromatic rings. The largest absolute Gasteiger partial charge is 0.507 e. The normalized spacial score (nSPS) is 45.6. The predicted molar refractivity (Wildman–Crippen MR) is 262 cm³/mol. The Hall–Kier alpha value is -8.28. The number of hydrogen-bond donors (Lipinski definition) is 8. The van der Waals surface area contributed by atoms with Crippen molar-refractivity contribution in [3.05, 3.63) is 232 Å². The van der Waals surface area contributed by atoms with Gasteiger partial charge in [0.05, 0.1) is 11.1 Å². The Morgan fingerprint density at radius 2 is 1.32 bits per heavy atom. The van der Waals surface area contributed by atoms with E-state index in [-0.39, 0.29) is 66.1 Å². The van der Waals surface area contributed by atoms with Crippen LogP contribution in [0.3, 0.4) is 0 Å². The van der Waals surface area contributed by atoms with Crippen LogP contribution in [0.25, 0.3) is 47.3 Å². The third kappa shape index (κ3) is 2.23. The number of phenols is 1. The summed E-state index contributed by atoms with van der Waals surface area (Å²) in [6, 6.07) is 8.42. The van der Waals surface area contributed by atoms with Crippen LogP contribution in [0.5, 0.6) is 5.75 Å². The number of epoxide rings is 4. The molecule has 5 fully saturated rings. The average molecular weight is 1020 g/mol. The van der Waals surface area contributed by atoms with Gasteiger partial charge in [-0.3, -0.25) is 0 Å². The summed E-state index contributed by atoms with van der Waals surface area (Å²) in [4.78, 5) is 28.4. The first kappa shape index (κ1) is 36.7. The number of benzene rings is 4. The molecule has 4 aliphatic heterocycles. The van der Waals surface area contributed by atoms with Crippen LogP contribution in [-0.4, -0.2) is 80.8 Å². The summed E-state index contributed by atoms with van der Waals surface area (Å²) in [6.45, 7) is 0. The van der Waals surface area contributed by atoms with Crippen LogP contribution >= 0.6 is 0 Å². The smallest absolute Gasteiger partial charge is 0.336 e. The predicted octanol–water partition coefficient (Wildman–Crippen LogP) is 1.50. The molecule has 14 heteroatoms. The number of phenolic OH excluding ortho intramolecular Hbond substituents is 1. The van der Waals surface area contributed by atoms with Gasteiger partial charge >= 0.3 is 11.9 Å². The molecule has 4 saturated heterocycles. The number of aliphatic hydroxyl groups is 5. The molecule has 8 spiro atoms. The highest BCUT2D eigenvalue weighted by molar-refractivity contribution is 6.21. The highest BCUT2D eigenvalue weighted by Gasteiger charge is 3.10. The number of aromatic hydroxyl groups is 1. The van der Waals surface area contributed by atoms with E-state index in [9.17, 15) is 40.2 Å². The molecule has 0 bridgehead atoms. The minimum Gasteiger partial charge on any atom is -0.507 e. The lowest BCUT2D eigenvalue weighted by Crippen LogP contribution is -2.79. The van der Waals surface area contributed by atoms with Crippen LogP contribution in [0.15, 0.2) is 134 Å². The van der Waals surface area contributed by atoms with E-state index in [0.29, 0.717) is 122 Å². The lowest BCUT2D eigenvalue weighted by Gasteiger charge is -2.66. The molecule has 8 N–H and O–H groups in total. The lowest BCUT2D eigenvalue weighted by molar-refractivity contribution is -0.203. The quantitative estimate of drug-likeness (QED) is 0.133. The Morgan fingerprint density at radius 1 is 0.526 bits per heavy atom. The highest BCUT2D eigenvalue weighted by Crippen LogP contribution is 3.00. The second-order valence-electron chi connectivity index (χ2n) is 25.4. The molecular weight excluding hydrogens is 993 g/mol. The number of aliphatic carboxylic acids is 1. The van der Waals surface area contributed by atoms with E-state index < -0.39 is 79.2 Å². The Morgan fingerprint density at radius 3 is 2.15 bits per heavy atom. The number of rotatable bonds is 2. The van der Waals surface area contributed by atoms with E-state index in [1.165, 1.54) is 6.07 Å². The molecule has 0 aromatic heterocycles. The van der Waals surface area contributed by atoms with Crippen molar-refractivity contribution < 1.29 is 69.4 Å². The van der Waals surface area contributed by atoms with Crippen LogP contribution < -0.4 is 20.9 Å². The molecule has 12 atom stereocenters. The summed E-state index contributed by atoms with van der Waals surface area (Å²) in [6.07, 6.45) is 20.2. The number of hydrogen-bond acceptors (Lipinski definition) is 12. The van der Waals surface area contributed by atoms with Gasteiger partial charge in [-0.25, -0.2) is 9.59 Å². The summed E-state index contributed by atoms with van der Waals surface area (Å²) in [5.41, 5.74) is -12.3. The number of carbonyl (C=O) groups is 2. The van der Waals surface area contributed by atoms with Gasteiger partial charge in [-0.15, -0.1) is 0 Å². The number of allylic oxidation sites excluding steroid dienone is 4. The molecule has 78 heavy (non-hydrogen) atoms. The minimum atomic E-state index is -2.65. The third-order valence-electron chi connectivity index (χ3n) is 24.2. The average Bonchev–Trinajstić information content (AvgIpc) is 1.37. The van der Waals surface area contributed by atoms with Gasteiger partial charge in [-0.2, -0.15) is 0 Å². The molecule has 364 valence electrons. The van der Waals surface area contributed by atoms with Gasteiger partial charge < -0.3 is 59.8 Å². The molecule has 12 unspecified atom stereocenters. The SMILES string of the molecule is O=C(O)C1=c2ccc3c4c2C25OC26C27OC28c2c(cc9c%10c2C2=C7C7=C5C1=CC1=Cc5c(O)cc%11c%12c5C5(OC175)C2=C1C%12(O)C2(O)C(=C%11)C=CC5=C2C2(OC1%102)C(=C9)C=C5)C(O)=c1cc(C(=O)O)c2c(c18)C6(O)C4(O)C(=CC=3)C=2. The van der Waals surface area contributed by atoms with Crippen molar-refractivity contribution in [3.8, 4) is 5.75 Å². The van der Waals surface area contributed by atoms with E-state index in [1.54, 1.807) is 36.4 Å². The molecule has 0 radical (unpaired) electrons. The topological polar surface area (TPSA) is 246 Å². The minimum absolute atomic E-state index is 0.0361. The lowest BCUT2D eigenvalue weighted by atomic mass is 9.33. The number of ether oxygens (including phenoxy) is 4. The third-order valence-corrected chi connectivity index (χ3v) is 24.2. The number of aromatic carboxylic acids is 1. The van der Waals surface area contributed by atoms with Crippen molar-refractivity contribution in [2.45, 2.75) is 67.2 Å². The fraction of sp³-hybridized carbons (Fsp3) is 0.188. The zero-order chi connectivity index (χ0) is 50.9. The summed E-state index contributed by atoms with van der Waals surface area (Å²) in [7, 11) is 0. The number of carboxylic acids is 2. The van der Waals surface area contributed by atoms with Crippen LogP contribution in [0.2, 0.25) is 0 Å². The monoisotopic (exact) mass is 1020 g/mol. The summed E-state index contributed by atoms with van der Waals surface area (Å²) >= 11 is 0. The highest BCUT2D eigenvalue weighted by atomic mass is 16.7. The Balaban J connectivity index is 1.02. The van der Waals surface area contributed by atoms with Gasteiger partial charge in [0.15, 0.2) is 67.2 Å². The van der Waals surface area contributed by atoms with E-state index in [2.05, 4.69) is 0 Å². The Bertz CT molecular complexity index is 5410. The van der Waals surface area contributed by atoms with Gasteiger partial charge in [0.2, 0.25) is 0 Å². The van der Waals surface area contributed by atoms with Crippen molar-refractivity contribution in [2.75, 3.05) is 0 Å². The number of carboxylic acid groups (broad SMARTS) is 2.